The molecule has 166 valence electrons. The van der Waals surface area contributed by atoms with E-state index in [1.54, 1.807) is 19.2 Å². The Bertz CT molecular complexity index is 943. The lowest BCUT2D eigenvalue weighted by molar-refractivity contribution is -0.109. The molecular weight excluding hydrogens is 420 g/mol. The number of ether oxygens (including phenoxy) is 2. The van der Waals surface area contributed by atoms with E-state index in [-0.39, 0.29) is 27.7 Å². The van der Waals surface area contributed by atoms with E-state index >= 15 is 0 Å². The standard InChI is InChI=1S/C20H23ClN4O3.C2H4O/c1-25-13-5-3-12(4-6-13)16(22)10-18(26)20(24)14-9-15(21)19(11-17(14)23)28-8-7-27-2;1-2-3/h3-6,9-11,24-25H,7-8,22-23H2,1-2H3;2H,1H3/b16-10-,24-20?;. The van der Waals surface area contributed by atoms with Crippen molar-refractivity contribution in [3.8, 4) is 5.75 Å². The van der Waals surface area contributed by atoms with Crippen molar-refractivity contribution in [2.75, 3.05) is 38.4 Å². The molecule has 0 fully saturated rings. The number of nitrogens with two attached hydrogens (primary N) is 2. The minimum absolute atomic E-state index is 0.209. The molecular formula is C22H27ClN4O4. The van der Waals surface area contributed by atoms with Crippen LogP contribution in [-0.2, 0) is 14.3 Å². The Balaban J connectivity index is 0.00000151. The number of aldehydes is 1. The van der Waals surface area contributed by atoms with Crippen LogP contribution in [0.25, 0.3) is 5.70 Å². The van der Waals surface area contributed by atoms with Gasteiger partial charge in [-0.1, -0.05) is 23.7 Å². The van der Waals surface area contributed by atoms with Crippen molar-refractivity contribution in [2.45, 2.75) is 6.92 Å². The number of rotatable bonds is 9. The lowest BCUT2D eigenvalue weighted by atomic mass is 10.0. The molecule has 9 heteroatoms. The number of nitrogens with one attached hydrogen (secondary N) is 2. The highest BCUT2D eigenvalue weighted by Gasteiger charge is 2.17. The highest BCUT2D eigenvalue weighted by Crippen LogP contribution is 2.30. The van der Waals surface area contributed by atoms with Crippen molar-refractivity contribution >= 4 is 46.5 Å². The maximum atomic E-state index is 12.5. The molecule has 2 rings (SSSR count). The smallest absolute Gasteiger partial charge is 0.206 e. The summed E-state index contributed by atoms with van der Waals surface area (Å²) in [5.41, 5.74) is 13.9. The van der Waals surface area contributed by atoms with E-state index in [9.17, 15) is 4.79 Å². The molecule has 0 bridgehead atoms. The summed E-state index contributed by atoms with van der Waals surface area (Å²) in [6.45, 7) is 2.14. The predicted octanol–water partition coefficient (Wildman–Crippen LogP) is 3.13. The molecule has 8 nitrogen and oxygen atoms in total. The fourth-order valence-electron chi connectivity index (χ4n) is 2.39. The van der Waals surface area contributed by atoms with Crippen molar-refractivity contribution in [1.82, 2.24) is 0 Å². The third kappa shape index (κ3) is 7.76. The zero-order valence-electron chi connectivity index (χ0n) is 17.7. The summed E-state index contributed by atoms with van der Waals surface area (Å²) in [5.74, 6) is -0.217. The number of ketones is 1. The quantitative estimate of drug-likeness (QED) is 0.152. The van der Waals surface area contributed by atoms with Crippen LogP contribution in [0.3, 0.4) is 0 Å². The molecule has 31 heavy (non-hydrogen) atoms. The summed E-state index contributed by atoms with van der Waals surface area (Å²) in [6.07, 6.45) is 1.95. The number of hydrogen-bond acceptors (Lipinski definition) is 8. The van der Waals surface area contributed by atoms with Gasteiger partial charge in [-0.25, -0.2) is 0 Å². The monoisotopic (exact) mass is 446 g/mol. The van der Waals surface area contributed by atoms with Crippen molar-refractivity contribution in [3.05, 3.63) is 58.6 Å². The normalized spacial score (nSPS) is 10.5. The van der Waals surface area contributed by atoms with Crippen molar-refractivity contribution in [3.63, 3.8) is 0 Å². The van der Waals surface area contributed by atoms with Crippen LogP contribution in [0.5, 0.6) is 5.75 Å². The van der Waals surface area contributed by atoms with Gasteiger partial charge in [0.05, 0.1) is 11.6 Å². The second-order valence-corrected chi connectivity index (χ2v) is 6.52. The molecule has 0 atom stereocenters. The number of nitrogen functional groups attached to an aromatic ring is 1. The Hall–Kier alpha value is -3.36. The van der Waals surface area contributed by atoms with Crippen LogP contribution in [0.15, 0.2) is 42.5 Å². The number of halogens is 1. The molecule has 0 aromatic heterocycles. The van der Waals surface area contributed by atoms with E-state index in [1.807, 2.05) is 19.2 Å². The Morgan fingerprint density at radius 1 is 1.23 bits per heavy atom. The van der Waals surface area contributed by atoms with Gasteiger partial charge in [-0.15, -0.1) is 0 Å². The second kappa shape index (κ2) is 13.0. The topological polar surface area (TPSA) is 141 Å². The van der Waals surface area contributed by atoms with Crippen LogP contribution in [0.2, 0.25) is 5.02 Å². The minimum atomic E-state index is -0.578. The van der Waals surface area contributed by atoms with Gasteiger partial charge in [-0.2, -0.15) is 0 Å². The summed E-state index contributed by atoms with van der Waals surface area (Å²) in [5, 5.41) is 11.4. The van der Waals surface area contributed by atoms with Crippen LogP contribution in [-0.4, -0.2) is 45.2 Å². The van der Waals surface area contributed by atoms with Gasteiger partial charge in [0.15, 0.2) is 0 Å². The Labute approximate surface area is 186 Å². The largest absolute Gasteiger partial charge is 0.490 e. The first-order valence-corrected chi connectivity index (χ1v) is 9.65. The van der Waals surface area contributed by atoms with Crippen LogP contribution in [0.1, 0.15) is 18.1 Å². The molecule has 0 aliphatic heterocycles. The Kier molecular flexibility index (Phi) is 10.8. The van der Waals surface area contributed by atoms with Crippen LogP contribution in [0, 0.1) is 5.41 Å². The number of hydrogen-bond donors (Lipinski definition) is 4. The van der Waals surface area contributed by atoms with Crippen LogP contribution in [0.4, 0.5) is 11.4 Å². The molecule has 0 aliphatic rings. The highest BCUT2D eigenvalue weighted by atomic mass is 35.5. The first kappa shape index (κ1) is 25.7. The number of carbonyl (C=O) groups is 2. The highest BCUT2D eigenvalue weighted by molar-refractivity contribution is 6.50. The minimum Gasteiger partial charge on any atom is -0.490 e. The third-order valence-electron chi connectivity index (χ3n) is 3.96. The zero-order valence-corrected chi connectivity index (χ0v) is 18.5. The maximum Gasteiger partial charge on any atom is 0.206 e. The summed E-state index contributed by atoms with van der Waals surface area (Å²) in [4.78, 5) is 21.3. The first-order valence-electron chi connectivity index (χ1n) is 9.28. The summed E-state index contributed by atoms with van der Waals surface area (Å²) >= 11 is 6.18. The number of carbonyl (C=O) groups excluding carboxylic acids is 2. The van der Waals surface area contributed by atoms with E-state index in [4.69, 9.17) is 42.7 Å². The van der Waals surface area contributed by atoms with E-state index in [0.717, 1.165) is 12.0 Å². The molecule has 0 amide bonds. The third-order valence-corrected chi connectivity index (χ3v) is 4.25. The lowest BCUT2D eigenvalue weighted by Gasteiger charge is -2.12. The van der Waals surface area contributed by atoms with Crippen LogP contribution >= 0.6 is 11.6 Å². The molecule has 2 aromatic rings. The average molecular weight is 447 g/mol. The summed E-state index contributed by atoms with van der Waals surface area (Å²) in [7, 11) is 3.37. The van der Waals surface area contributed by atoms with E-state index in [2.05, 4.69) is 5.32 Å². The average Bonchev–Trinajstić information content (AvgIpc) is 2.76. The number of benzene rings is 2. The SMILES string of the molecule is CC=O.CNc1ccc(/C(N)=C/C(=O)C(=N)c2cc(Cl)c(OCCOC)cc2N)cc1. The summed E-state index contributed by atoms with van der Waals surface area (Å²) in [6, 6.07) is 10.2. The zero-order chi connectivity index (χ0) is 23.4. The van der Waals surface area contributed by atoms with Gasteiger partial charge in [0.2, 0.25) is 5.78 Å². The van der Waals surface area contributed by atoms with Crippen molar-refractivity contribution in [1.29, 1.82) is 5.41 Å². The fourth-order valence-corrected chi connectivity index (χ4v) is 2.61. The molecule has 0 saturated carbocycles. The van der Waals surface area contributed by atoms with Gasteiger partial charge in [0, 0.05) is 48.9 Å². The molecule has 0 radical (unpaired) electrons. The number of allylic oxidation sites excluding steroid dienone is 1. The van der Waals surface area contributed by atoms with Crippen molar-refractivity contribution < 1.29 is 19.1 Å². The second-order valence-electron chi connectivity index (χ2n) is 6.11. The van der Waals surface area contributed by atoms with Gasteiger partial charge in [-0.3, -0.25) is 10.2 Å². The fraction of sp³-hybridized carbons (Fsp3) is 0.227. The Morgan fingerprint density at radius 3 is 2.39 bits per heavy atom. The van der Waals surface area contributed by atoms with Gasteiger partial charge < -0.3 is 31.1 Å². The van der Waals surface area contributed by atoms with E-state index in [0.29, 0.717) is 24.5 Å². The molecule has 0 unspecified atom stereocenters. The molecule has 0 spiro atoms. The predicted molar refractivity (Wildman–Crippen MR) is 125 cm³/mol. The van der Waals surface area contributed by atoms with E-state index < -0.39 is 5.78 Å². The first-order chi connectivity index (χ1) is 14.8. The summed E-state index contributed by atoms with van der Waals surface area (Å²) < 4.78 is 10.4. The molecule has 0 saturated heterocycles. The molecule has 6 N–H and O–H groups in total. The maximum absolute atomic E-state index is 12.5. The molecule has 0 aliphatic carbocycles. The van der Waals surface area contributed by atoms with Crippen LogP contribution < -0.4 is 21.5 Å². The Morgan fingerprint density at radius 2 is 1.84 bits per heavy atom. The number of methoxy groups -OCH3 is 1. The van der Waals surface area contributed by atoms with Gasteiger partial charge in [0.1, 0.15) is 24.4 Å². The van der Waals surface area contributed by atoms with Gasteiger partial charge >= 0.3 is 0 Å². The lowest BCUT2D eigenvalue weighted by Crippen LogP contribution is -2.16. The van der Waals surface area contributed by atoms with E-state index in [1.165, 1.54) is 25.1 Å². The number of anilines is 2. The molecule has 2 aromatic carbocycles. The molecule has 0 heterocycles. The van der Waals surface area contributed by atoms with Crippen molar-refractivity contribution in [2.24, 2.45) is 5.73 Å². The van der Waals surface area contributed by atoms with Gasteiger partial charge in [0.25, 0.3) is 0 Å². The van der Waals surface area contributed by atoms with Gasteiger partial charge in [-0.05, 0) is 30.7 Å².